The van der Waals surface area contributed by atoms with Crippen molar-refractivity contribution in [3.63, 3.8) is 0 Å². The van der Waals surface area contributed by atoms with E-state index < -0.39 is 6.23 Å². The number of thiophene rings is 1. The maximum absolute atomic E-state index is 12.4. The Morgan fingerprint density at radius 2 is 1.83 bits per heavy atom. The first-order valence-corrected chi connectivity index (χ1v) is 10.5. The third kappa shape index (κ3) is 3.15. The zero-order chi connectivity index (χ0) is 20.7. The van der Waals surface area contributed by atoms with E-state index in [-0.39, 0.29) is 5.91 Å². The van der Waals surface area contributed by atoms with Gasteiger partial charge < -0.3 is 4.74 Å². The topological polar surface area (TPSA) is 54.8 Å². The van der Waals surface area contributed by atoms with Crippen LogP contribution in [0, 0.1) is 6.92 Å². The first-order valence-electron chi connectivity index (χ1n) is 9.66. The van der Waals surface area contributed by atoms with Crippen LogP contribution in [0.15, 0.2) is 77.2 Å². The summed E-state index contributed by atoms with van der Waals surface area (Å²) in [6.07, 6.45) is -0.644. The number of rotatable bonds is 3. The van der Waals surface area contributed by atoms with Crippen LogP contribution in [-0.4, -0.2) is 21.8 Å². The molecule has 0 saturated heterocycles. The van der Waals surface area contributed by atoms with Crippen LogP contribution in [0.4, 0.5) is 0 Å². The lowest BCUT2D eigenvalue weighted by molar-refractivity contribution is -0.135. The van der Waals surface area contributed by atoms with Crippen molar-refractivity contribution in [2.45, 2.75) is 20.1 Å². The second kappa shape index (κ2) is 7.39. The molecule has 6 heteroatoms. The van der Waals surface area contributed by atoms with Gasteiger partial charge in [-0.25, -0.2) is 4.98 Å². The molecule has 0 spiro atoms. The van der Waals surface area contributed by atoms with E-state index in [4.69, 9.17) is 9.72 Å². The number of carbonyl (C=O) groups excluding carboxylic acids is 1. The SMILES string of the molecule is CC(=O)N1N=C(c2sccc2C)O[C@H]1c1cc(-c2ccccc2)nc2ccccc12. The van der Waals surface area contributed by atoms with E-state index in [9.17, 15) is 4.79 Å². The predicted octanol–water partition coefficient (Wildman–Crippen LogP) is 5.51. The molecule has 0 saturated carbocycles. The van der Waals surface area contributed by atoms with Gasteiger partial charge in [0.1, 0.15) is 0 Å². The Bertz CT molecular complexity index is 1280. The highest BCUT2D eigenvalue weighted by molar-refractivity contribution is 7.12. The molecule has 5 nitrogen and oxygen atoms in total. The Kier molecular flexibility index (Phi) is 4.56. The molecule has 3 heterocycles. The number of amides is 1. The standard InChI is InChI=1S/C24H19N3O2S/c1-15-12-13-30-22(15)23-26-27(16(2)28)24(29-23)19-14-21(17-8-4-3-5-9-17)25-20-11-7-6-10-18(19)20/h3-14,24H,1-2H3/t24-/m0/s1. The van der Waals surface area contributed by atoms with Crippen molar-refractivity contribution >= 4 is 34.0 Å². The number of hydrogen-bond acceptors (Lipinski definition) is 5. The smallest absolute Gasteiger partial charge is 0.251 e. The number of nitrogens with zero attached hydrogens (tertiary/aromatic N) is 3. The van der Waals surface area contributed by atoms with Crippen molar-refractivity contribution in [3.8, 4) is 11.3 Å². The number of pyridine rings is 1. The molecule has 0 bridgehead atoms. The van der Waals surface area contributed by atoms with Crippen LogP contribution < -0.4 is 0 Å². The maximum Gasteiger partial charge on any atom is 0.251 e. The Morgan fingerprint density at radius 3 is 2.57 bits per heavy atom. The summed E-state index contributed by atoms with van der Waals surface area (Å²) in [5.74, 6) is 0.302. The van der Waals surface area contributed by atoms with Gasteiger partial charge in [0.25, 0.3) is 5.90 Å². The van der Waals surface area contributed by atoms with Crippen LogP contribution in [0.1, 0.15) is 29.2 Å². The minimum absolute atomic E-state index is 0.175. The number of para-hydroxylation sites is 1. The van der Waals surface area contributed by atoms with Crippen molar-refractivity contribution in [3.05, 3.63) is 88.1 Å². The lowest BCUT2D eigenvalue weighted by atomic mass is 10.0. The van der Waals surface area contributed by atoms with Crippen LogP contribution in [0.2, 0.25) is 0 Å². The summed E-state index contributed by atoms with van der Waals surface area (Å²) >= 11 is 1.56. The van der Waals surface area contributed by atoms with Gasteiger partial charge in [-0.3, -0.25) is 4.79 Å². The summed E-state index contributed by atoms with van der Waals surface area (Å²) in [5.41, 5.74) is 4.63. The number of aryl methyl sites for hydroxylation is 1. The quantitative estimate of drug-likeness (QED) is 0.445. The molecule has 30 heavy (non-hydrogen) atoms. The molecule has 148 valence electrons. The lowest BCUT2D eigenvalue weighted by Gasteiger charge is -2.21. The van der Waals surface area contributed by atoms with E-state index in [0.29, 0.717) is 5.90 Å². The van der Waals surface area contributed by atoms with Crippen LogP contribution in [0.3, 0.4) is 0 Å². The normalized spacial score (nSPS) is 15.9. The molecule has 0 aliphatic carbocycles. The second-order valence-electron chi connectivity index (χ2n) is 7.15. The Morgan fingerprint density at radius 1 is 1.07 bits per heavy atom. The molecule has 5 rings (SSSR count). The molecule has 2 aromatic carbocycles. The number of hydrazone groups is 1. The third-order valence-corrected chi connectivity index (χ3v) is 6.11. The zero-order valence-electron chi connectivity index (χ0n) is 16.6. The van der Waals surface area contributed by atoms with Gasteiger partial charge in [-0.05, 0) is 36.1 Å². The Hall–Kier alpha value is -3.51. The summed E-state index contributed by atoms with van der Waals surface area (Å²) in [5, 5.41) is 8.88. The summed E-state index contributed by atoms with van der Waals surface area (Å²) < 4.78 is 6.28. The number of hydrogen-bond donors (Lipinski definition) is 0. The highest BCUT2D eigenvalue weighted by Crippen LogP contribution is 2.37. The minimum atomic E-state index is -0.644. The molecule has 0 fully saturated rings. The second-order valence-corrected chi connectivity index (χ2v) is 8.07. The van der Waals surface area contributed by atoms with Crippen molar-refractivity contribution < 1.29 is 9.53 Å². The van der Waals surface area contributed by atoms with Gasteiger partial charge in [-0.2, -0.15) is 5.01 Å². The maximum atomic E-state index is 12.4. The molecule has 1 aliphatic heterocycles. The first-order chi connectivity index (χ1) is 14.6. The van der Waals surface area contributed by atoms with Gasteiger partial charge in [0, 0.05) is 23.4 Å². The van der Waals surface area contributed by atoms with Gasteiger partial charge in [-0.15, -0.1) is 16.4 Å². The molecule has 0 N–H and O–H groups in total. The van der Waals surface area contributed by atoms with Crippen molar-refractivity contribution in [1.29, 1.82) is 0 Å². The number of aromatic nitrogens is 1. The molecular weight excluding hydrogens is 394 g/mol. The predicted molar refractivity (Wildman–Crippen MR) is 119 cm³/mol. The van der Waals surface area contributed by atoms with Crippen molar-refractivity contribution in [2.75, 3.05) is 0 Å². The molecule has 4 aromatic rings. The van der Waals surface area contributed by atoms with E-state index in [0.717, 1.165) is 38.2 Å². The van der Waals surface area contributed by atoms with Crippen molar-refractivity contribution in [2.24, 2.45) is 5.10 Å². The molecular formula is C24H19N3O2S. The largest absolute Gasteiger partial charge is 0.445 e. The van der Waals surface area contributed by atoms with E-state index in [1.807, 2.05) is 79.0 Å². The van der Waals surface area contributed by atoms with Crippen LogP contribution in [0.25, 0.3) is 22.2 Å². The molecule has 2 aromatic heterocycles. The fourth-order valence-corrected chi connectivity index (χ4v) is 4.47. The molecule has 1 atom stereocenters. The molecule has 0 radical (unpaired) electrons. The van der Waals surface area contributed by atoms with Crippen LogP contribution in [-0.2, 0) is 9.53 Å². The molecule has 0 unspecified atom stereocenters. The highest BCUT2D eigenvalue weighted by atomic mass is 32.1. The number of carbonyl (C=O) groups is 1. The average Bonchev–Trinajstić information content (AvgIpc) is 3.40. The lowest BCUT2D eigenvalue weighted by Crippen LogP contribution is -2.25. The van der Waals surface area contributed by atoms with E-state index >= 15 is 0 Å². The number of fused-ring (bicyclic) bond motifs is 1. The molecule has 1 amide bonds. The van der Waals surface area contributed by atoms with Crippen LogP contribution in [0.5, 0.6) is 0 Å². The van der Waals surface area contributed by atoms with Gasteiger partial charge in [-0.1, -0.05) is 48.5 Å². The first kappa shape index (κ1) is 18.5. The number of ether oxygens (including phenoxy) is 1. The summed E-state index contributed by atoms with van der Waals surface area (Å²) in [6.45, 7) is 3.52. The van der Waals surface area contributed by atoms with E-state index in [2.05, 4.69) is 5.10 Å². The van der Waals surface area contributed by atoms with Gasteiger partial charge in [0.15, 0.2) is 0 Å². The highest BCUT2D eigenvalue weighted by Gasteiger charge is 2.35. The summed E-state index contributed by atoms with van der Waals surface area (Å²) in [6, 6.07) is 21.9. The molecule has 1 aliphatic rings. The summed E-state index contributed by atoms with van der Waals surface area (Å²) in [4.78, 5) is 18.2. The van der Waals surface area contributed by atoms with Crippen molar-refractivity contribution in [1.82, 2.24) is 9.99 Å². The van der Waals surface area contributed by atoms with Gasteiger partial charge in [0.2, 0.25) is 12.1 Å². The monoisotopic (exact) mass is 413 g/mol. The number of benzene rings is 2. The van der Waals surface area contributed by atoms with Gasteiger partial charge in [0.05, 0.1) is 16.1 Å². The van der Waals surface area contributed by atoms with Crippen LogP contribution >= 0.6 is 11.3 Å². The van der Waals surface area contributed by atoms with E-state index in [1.54, 1.807) is 11.3 Å². The summed E-state index contributed by atoms with van der Waals surface area (Å²) in [7, 11) is 0. The fraction of sp³-hybridized carbons (Fsp3) is 0.125. The minimum Gasteiger partial charge on any atom is -0.445 e. The Labute approximate surface area is 178 Å². The van der Waals surface area contributed by atoms with E-state index in [1.165, 1.54) is 11.9 Å². The zero-order valence-corrected chi connectivity index (χ0v) is 17.4. The fourth-order valence-electron chi connectivity index (χ4n) is 3.61. The third-order valence-electron chi connectivity index (χ3n) is 5.11. The Balaban J connectivity index is 1.66. The average molecular weight is 414 g/mol. The van der Waals surface area contributed by atoms with Gasteiger partial charge >= 0.3 is 0 Å².